The summed E-state index contributed by atoms with van der Waals surface area (Å²) in [6, 6.07) is 5.20. The van der Waals surface area contributed by atoms with Crippen LogP contribution in [0.1, 0.15) is 36.0 Å². The molecule has 0 aromatic heterocycles. The fourth-order valence-corrected chi connectivity index (χ4v) is 4.01. The molecule has 2 N–H and O–H groups in total. The summed E-state index contributed by atoms with van der Waals surface area (Å²) < 4.78 is 0. The van der Waals surface area contributed by atoms with E-state index >= 15 is 0 Å². The van der Waals surface area contributed by atoms with Crippen molar-refractivity contribution in [2.75, 3.05) is 11.9 Å². The van der Waals surface area contributed by atoms with Gasteiger partial charge in [-0.25, -0.2) is 4.79 Å². The first-order chi connectivity index (χ1) is 9.15. The molecule has 3 unspecified atom stereocenters. The lowest BCUT2D eigenvalue weighted by Gasteiger charge is -2.23. The number of carboxylic acids is 1. The topological polar surface area (TPSA) is 49.3 Å². The van der Waals surface area contributed by atoms with Gasteiger partial charge in [-0.15, -0.1) is 0 Å². The van der Waals surface area contributed by atoms with Crippen LogP contribution in [0.2, 0.25) is 5.02 Å². The Morgan fingerprint density at radius 3 is 2.84 bits per heavy atom. The highest BCUT2D eigenvalue weighted by molar-refractivity contribution is 6.34. The summed E-state index contributed by atoms with van der Waals surface area (Å²) >= 11 is 5.96. The Morgan fingerprint density at radius 1 is 1.37 bits per heavy atom. The maximum atomic E-state index is 11.2. The number of nitrogens with one attached hydrogen (secondary N) is 1. The average Bonchev–Trinajstić information content (AvgIpc) is 2.97. The third kappa shape index (κ3) is 2.44. The number of aromatic carboxylic acids is 1. The quantitative estimate of drug-likeness (QED) is 0.879. The first-order valence-electron chi connectivity index (χ1n) is 6.91. The summed E-state index contributed by atoms with van der Waals surface area (Å²) in [6.45, 7) is 0.863. The number of hydrogen-bond acceptors (Lipinski definition) is 2. The van der Waals surface area contributed by atoms with Crippen LogP contribution in [-0.2, 0) is 0 Å². The lowest BCUT2D eigenvalue weighted by atomic mass is 9.89. The zero-order valence-corrected chi connectivity index (χ0v) is 11.5. The number of hydrogen-bond donors (Lipinski definition) is 2. The number of rotatable bonds is 4. The molecule has 2 aliphatic carbocycles. The van der Waals surface area contributed by atoms with Crippen molar-refractivity contribution in [2.24, 2.45) is 17.8 Å². The zero-order chi connectivity index (χ0) is 13.4. The van der Waals surface area contributed by atoms with Crippen molar-refractivity contribution in [3.05, 3.63) is 28.8 Å². The van der Waals surface area contributed by atoms with Crippen molar-refractivity contribution in [1.29, 1.82) is 0 Å². The molecular weight excluding hydrogens is 262 g/mol. The Bertz CT molecular complexity index is 503. The lowest BCUT2D eigenvalue weighted by Crippen LogP contribution is -2.21. The molecule has 102 valence electrons. The molecule has 1 aromatic rings. The minimum absolute atomic E-state index is 0.187. The molecule has 0 spiro atoms. The van der Waals surface area contributed by atoms with Crippen LogP contribution in [0, 0.1) is 17.8 Å². The van der Waals surface area contributed by atoms with Crippen molar-refractivity contribution in [1.82, 2.24) is 0 Å². The van der Waals surface area contributed by atoms with Crippen molar-refractivity contribution >= 4 is 23.3 Å². The van der Waals surface area contributed by atoms with E-state index in [2.05, 4.69) is 5.32 Å². The minimum Gasteiger partial charge on any atom is -0.478 e. The summed E-state index contributed by atoms with van der Waals surface area (Å²) in [5.41, 5.74) is 0.829. The molecule has 0 radical (unpaired) electrons. The summed E-state index contributed by atoms with van der Waals surface area (Å²) in [6.07, 6.45) is 5.39. The van der Waals surface area contributed by atoms with E-state index in [0.29, 0.717) is 16.6 Å². The van der Waals surface area contributed by atoms with Gasteiger partial charge in [0, 0.05) is 6.54 Å². The number of anilines is 1. The van der Waals surface area contributed by atoms with Crippen LogP contribution >= 0.6 is 11.6 Å². The van der Waals surface area contributed by atoms with Crippen LogP contribution in [-0.4, -0.2) is 17.6 Å². The molecular formula is C15H18ClNO2. The first kappa shape index (κ1) is 12.8. The van der Waals surface area contributed by atoms with Gasteiger partial charge in [0.25, 0.3) is 0 Å². The SMILES string of the molecule is O=C(O)c1c(Cl)cccc1NCC1CC2CCC1C2. The molecule has 2 fully saturated rings. The molecule has 0 heterocycles. The highest BCUT2D eigenvalue weighted by Gasteiger charge is 2.39. The van der Waals surface area contributed by atoms with E-state index in [-0.39, 0.29) is 5.56 Å². The number of carbonyl (C=O) groups is 1. The Balaban J connectivity index is 1.70. The van der Waals surface area contributed by atoms with Crippen molar-refractivity contribution in [3.8, 4) is 0 Å². The molecule has 2 bridgehead atoms. The minimum atomic E-state index is -0.971. The van der Waals surface area contributed by atoms with Crippen LogP contribution in [0.3, 0.4) is 0 Å². The molecule has 0 amide bonds. The van der Waals surface area contributed by atoms with Gasteiger partial charge in [-0.05, 0) is 49.1 Å². The molecule has 0 aliphatic heterocycles. The summed E-state index contributed by atoms with van der Waals surface area (Å²) in [5, 5.41) is 12.8. The van der Waals surface area contributed by atoms with Gasteiger partial charge in [0.1, 0.15) is 5.56 Å². The standard InChI is InChI=1S/C15H18ClNO2/c16-12-2-1-3-13(14(12)15(18)19)17-8-11-7-9-4-5-10(11)6-9/h1-3,9-11,17H,4-8H2,(H,18,19). The van der Waals surface area contributed by atoms with E-state index in [1.54, 1.807) is 18.2 Å². The van der Waals surface area contributed by atoms with Gasteiger partial charge in [-0.1, -0.05) is 24.1 Å². The van der Waals surface area contributed by atoms with Gasteiger partial charge >= 0.3 is 5.97 Å². The summed E-state index contributed by atoms with van der Waals surface area (Å²) in [4.78, 5) is 11.2. The van der Waals surface area contributed by atoms with Crippen LogP contribution in [0.5, 0.6) is 0 Å². The van der Waals surface area contributed by atoms with Gasteiger partial charge in [0.15, 0.2) is 0 Å². The third-order valence-electron chi connectivity index (χ3n) is 4.67. The largest absolute Gasteiger partial charge is 0.478 e. The molecule has 1 aromatic carbocycles. The number of halogens is 1. The molecule has 0 saturated heterocycles. The van der Waals surface area contributed by atoms with Crippen molar-refractivity contribution in [2.45, 2.75) is 25.7 Å². The van der Waals surface area contributed by atoms with Crippen LogP contribution in [0.4, 0.5) is 5.69 Å². The Hall–Kier alpha value is -1.22. The average molecular weight is 280 g/mol. The Labute approximate surface area is 118 Å². The second kappa shape index (κ2) is 5.04. The lowest BCUT2D eigenvalue weighted by molar-refractivity contribution is 0.0698. The molecule has 2 aliphatic rings. The van der Waals surface area contributed by atoms with E-state index in [1.807, 2.05) is 0 Å². The van der Waals surface area contributed by atoms with E-state index in [4.69, 9.17) is 11.6 Å². The van der Waals surface area contributed by atoms with Crippen molar-refractivity contribution < 1.29 is 9.90 Å². The fraction of sp³-hybridized carbons (Fsp3) is 0.533. The molecule has 4 heteroatoms. The Kier molecular flexibility index (Phi) is 3.40. The molecule has 19 heavy (non-hydrogen) atoms. The molecule has 2 saturated carbocycles. The zero-order valence-electron chi connectivity index (χ0n) is 10.7. The second-order valence-corrected chi connectivity index (χ2v) is 6.19. The van der Waals surface area contributed by atoms with E-state index in [0.717, 1.165) is 18.4 Å². The van der Waals surface area contributed by atoms with Gasteiger partial charge in [0.2, 0.25) is 0 Å². The Morgan fingerprint density at radius 2 is 2.21 bits per heavy atom. The van der Waals surface area contributed by atoms with E-state index in [1.165, 1.54) is 25.7 Å². The summed E-state index contributed by atoms with van der Waals surface area (Å²) in [5.74, 6) is 1.47. The molecule has 3 atom stereocenters. The maximum Gasteiger partial charge on any atom is 0.339 e. The van der Waals surface area contributed by atoms with E-state index in [9.17, 15) is 9.90 Å². The fourth-order valence-electron chi connectivity index (χ4n) is 3.76. The van der Waals surface area contributed by atoms with Crippen LogP contribution in [0.15, 0.2) is 18.2 Å². The van der Waals surface area contributed by atoms with Gasteiger partial charge in [-0.3, -0.25) is 0 Å². The van der Waals surface area contributed by atoms with Gasteiger partial charge in [0.05, 0.1) is 10.7 Å². The predicted molar refractivity (Wildman–Crippen MR) is 75.8 cm³/mol. The highest BCUT2D eigenvalue weighted by atomic mass is 35.5. The maximum absolute atomic E-state index is 11.2. The number of fused-ring (bicyclic) bond motifs is 2. The molecule has 3 rings (SSSR count). The van der Waals surface area contributed by atoms with Gasteiger partial charge < -0.3 is 10.4 Å². The van der Waals surface area contributed by atoms with Crippen molar-refractivity contribution in [3.63, 3.8) is 0 Å². The number of benzene rings is 1. The van der Waals surface area contributed by atoms with Gasteiger partial charge in [-0.2, -0.15) is 0 Å². The summed E-state index contributed by atoms with van der Waals surface area (Å²) in [7, 11) is 0. The predicted octanol–water partition coefficient (Wildman–Crippen LogP) is 3.89. The third-order valence-corrected chi connectivity index (χ3v) is 4.98. The van der Waals surface area contributed by atoms with Crippen LogP contribution in [0.25, 0.3) is 0 Å². The second-order valence-electron chi connectivity index (χ2n) is 5.78. The molecule has 3 nitrogen and oxygen atoms in total. The first-order valence-corrected chi connectivity index (χ1v) is 7.28. The highest BCUT2D eigenvalue weighted by Crippen LogP contribution is 2.48. The number of carboxylic acid groups (broad SMARTS) is 1. The van der Waals surface area contributed by atoms with Crippen LogP contribution < -0.4 is 5.32 Å². The normalized spacial score (nSPS) is 28.6. The monoisotopic (exact) mass is 279 g/mol. The van der Waals surface area contributed by atoms with E-state index < -0.39 is 5.97 Å². The smallest absolute Gasteiger partial charge is 0.339 e.